The van der Waals surface area contributed by atoms with Crippen LogP contribution in [0, 0.1) is 6.92 Å². The molecule has 0 bridgehead atoms. The van der Waals surface area contributed by atoms with Crippen LogP contribution in [0.5, 0.6) is 0 Å². The lowest BCUT2D eigenvalue weighted by Gasteiger charge is -2.14. The van der Waals surface area contributed by atoms with Crippen LogP contribution in [0.25, 0.3) is 0 Å². The zero-order valence-electron chi connectivity index (χ0n) is 13.7. The Labute approximate surface area is 147 Å². The van der Waals surface area contributed by atoms with Crippen molar-refractivity contribution in [3.63, 3.8) is 0 Å². The molecule has 0 unspecified atom stereocenters. The summed E-state index contributed by atoms with van der Waals surface area (Å²) in [5.41, 5.74) is 3.09. The monoisotopic (exact) mass is 342 g/mol. The highest BCUT2D eigenvalue weighted by molar-refractivity contribution is 7.80. The zero-order valence-corrected chi connectivity index (χ0v) is 14.5. The van der Waals surface area contributed by atoms with Crippen LogP contribution in [-0.2, 0) is 4.74 Å². The Morgan fingerprint density at radius 1 is 1.29 bits per heavy atom. The van der Waals surface area contributed by atoms with Gasteiger partial charge in [-0.05, 0) is 61.8 Å². The summed E-state index contributed by atoms with van der Waals surface area (Å²) in [6.45, 7) is 3.66. The molecular weight excluding hydrogens is 320 g/mol. The number of aryl methyl sites for hydroxylation is 1. The molecule has 6 heteroatoms. The van der Waals surface area contributed by atoms with Gasteiger partial charge in [-0.25, -0.2) is 4.98 Å². The molecule has 3 N–H and O–H groups in total. The highest BCUT2D eigenvalue weighted by Crippen LogP contribution is 2.17. The average Bonchev–Trinajstić information content (AvgIpc) is 3.08. The number of nitrogens with one attached hydrogen (secondary N) is 3. The number of hydrogen-bond acceptors (Lipinski definition) is 4. The van der Waals surface area contributed by atoms with E-state index in [0.717, 1.165) is 43.2 Å². The minimum atomic E-state index is 0.267. The predicted octanol–water partition coefficient (Wildman–Crippen LogP) is 3.60. The molecule has 0 spiro atoms. The maximum atomic E-state index is 5.56. The van der Waals surface area contributed by atoms with E-state index in [1.807, 2.05) is 24.3 Å². The lowest BCUT2D eigenvalue weighted by atomic mass is 10.2. The van der Waals surface area contributed by atoms with Gasteiger partial charge in [-0.2, -0.15) is 0 Å². The first kappa shape index (κ1) is 16.7. The van der Waals surface area contributed by atoms with Crippen LogP contribution in [0.3, 0.4) is 0 Å². The molecule has 0 radical (unpaired) electrons. The van der Waals surface area contributed by atoms with E-state index >= 15 is 0 Å². The molecule has 1 saturated heterocycles. The first-order valence-corrected chi connectivity index (χ1v) is 8.56. The second-order valence-electron chi connectivity index (χ2n) is 5.90. The Hall–Kier alpha value is -2.18. The molecular formula is C18H22N4OS. The lowest BCUT2D eigenvalue weighted by molar-refractivity contribution is 0.114. The molecule has 1 aromatic carbocycles. The van der Waals surface area contributed by atoms with Crippen molar-refractivity contribution in [1.82, 2.24) is 10.3 Å². The first-order valence-electron chi connectivity index (χ1n) is 8.15. The molecule has 24 heavy (non-hydrogen) atoms. The van der Waals surface area contributed by atoms with Crippen molar-refractivity contribution in [2.24, 2.45) is 0 Å². The third-order valence-corrected chi connectivity index (χ3v) is 4.07. The van der Waals surface area contributed by atoms with E-state index in [1.165, 1.54) is 5.56 Å². The number of thiocarbonyl (C=S) groups is 1. The van der Waals surface area contributed by atoms with E-state index < -0.39 is 0 Å². The Morgan fingerprint density at radius 2 is 2.21 bits per heavy atom. The second-order valence-corrected chi connectivity index (χ2v) is 6.30. The van der Waals surface area contributed by atoms with Crippen LogP contribution in [0.2, 0.25) is 0 Å². The summed E-state index contributed by atoms with van der Waals surface area (Å²) in [6.07, 6.45) is 4.25. The van der Waals surface area contributed by atoms with E-state index in [1.54, 1.807) is 6.20 Å². The molecule has 1 aromatic heterocycles. The molecule has 1 fully saturated rings. The maximum absolute atomic E-state index is 5.56. The van der Waals surface area contributed by atoms with E-state index in [9.17, 15) is 0 Å². The molecule has 1 aliphatic heterocycles. The van der Waals surface area contributed by atoms with Crippen molar-refractivity contribution in [3.8, 4) is 0 Å². The van der Waals surface area contributed by atoms with Gasteiger partial charge < -0.3 is 20.7 Å². The molecule has 2 aromatic rings. The fraction of sp³-hybridized carbons (Fsp3) is 0.333. The minimum absolute atomic E-state index is 0.267. The molecule has 2 heterocycles. The number of pyridine rings is 1. The standard InChI is InChI=1S/C18H22N4OS/c1-13-4-2-5-14(10-13)21-17-8-7-15(11-19-17)22-18(24)20-12-16-6-3-9-23-16/h2,4-5,7-8,10-11,16H,3,6,9,12H2,1H3,(H,19,21)(H2,20,22,24)/t16-/m0/s1. The fourth-order valence-electron chi connectivity index (χ4n) is 2.60. The lowest BCUT2D eigenvalue weighted by Crippen LogP contribution is -2.34. The summed E-state index contributed by atoms with van der Waals surface area (Å²) < 4.78 is 5.56. The fourth-order valence-corrected chi connectivity index (χ4v) is 2.80. The smallest absolute Gasteiger partial charge is 0.170 e. The summed E-state index contributed by atoms with van der Waals surface area (Å²) in [6, 6.07) is 12.1. The van der Waals surface area contributed by atoms with E-state index in [-0.39, 0.29) is 6.10 Å². The highest BCUT2D eigenvalue weighted by atomic mass is 32.1. The molecule has 1 aliphatic rings. The van der Waals surface area contributed by atoms with Crippen LogP contribution < -0.4 is 16.0 Å². The van der Waals surface area contributed by atoms with Crippen molar-refractivity contribution < 1.29 is 4.74 Å². The van der Waals surface area contributed by atoms with Crippen molar-refractivity contribution in [1.29, 1.82) is 0 Å². The van der Waals surface area contributed by atoms with Crippen molar-refractivity contribution in [2.75, 3.05) is 23.8 Å². The van der Waals surface area contributed by atoms with Gasteiger partial charge in [0, 0.05) is 18.8 Å². The van der Waals surface area contributed by atoms with E-state index in [2.05, 4.69) is 40.0 Å². The van der Waals surface area contributed by atoms with Crippen LogP contribution in [-0.4, -0.2) is 29.4 Å². The summed E-state index contributed by atoms with van der Waals surface area (Å²) in [5.74, 6) is 0.796. The molecule has 1 atom stereocenters. The molecule has 3 rings (SSSR count). The molecule has 5 nitrogen and oxygen atoms in total. The Kier molecular flexibility index (Phi) is 5.61. The van der Waals surface area contributed by atoms with Crippen LogP contribution in [0.1, 0.15) is 18.4 Å². The number of nitrogens with zero attached hydrogens (tertiary/aromatic N) is 1. The van der Waals surface area contributed by atoms with E-state index in [4.69, 9.17) is 17.0 Å². The predicted molar refractivity (Wildman–Crippen MR) is 102 cm³/mol. The Morgan fingerprint density at radius 3 is 2.92 bits per heavy atom. The minimum Gasteiger partial charge on any atom is -0.376 e. The first-order chi connectivity index (χ1) is 11.7. The maximum Gasteiger partial charge on any atom is 0.170 e. The molecule has 0 amide bonds. The highest BCUT2D eigenvalue weighted by Gasteiger charge is 2.15. The van der Waals surface area contributed by atoms with Gasteiger partial charge in [-0.1, -0.05) is 12.1 Å². The van der Waals surface area contributed by atoms with Gasteiger partial charge in [-0.15, -0.1) is 0 Å². The van der Waals surface area contributed by atoms with Crippen molar-refractivity contribution in [2.45, 2.75) is 25.9 Å². The largest absolute Gasteiger partial charge is 0.376 e. The number of ether oxygens (including phenoxy) is 1. The topological polar surface area (TPSA) is 58.2 Å². The number of aromatic nitrogens is 1. The summed E-state index contributed by atoms with van der Waals surface area (Å²) >= 11 is 5.30. The Bertz CT molecular complexity index is 684. The van der Waals surface area contributed by atoms with Crippen LogP contribution in [0.4, 0.5) is 17.2 Å². The SMILES string of the molecule is Cc1cccc(Nc2ccc(NC(=S)NC[C@@H]3CCCO3)cn2)c1. The number of rotatable bonds is 5. The van der Waals surface area contributed by atoms with Gasteiger partial charge in [0.25, 0.3) is 0 Å². The summed E-state index contributed by atoms with van der Waals surface area (Å²) in [7, 11) is 0. The van der Waals surface area contributed by atoms with Gasteiger partial charge >= 0.3 is 0 Å². The quantitative estimate of drug-likeness (QED) is 0.722. The average molecular weight is 342 g/mol. The van der Waals surface area contributed by atoms with Gasteiger partial charge in [0.05, 0.1) is 18.0 Å². The second kappa shape index (κ2) is 8.08. The van der Waals surface area contributed by atoms with Crippen molar-refractivity contribution >= 4 is 34.5 Å². The van der Waals surface area contributed by atoms with Crippen LogP contribution in [0.15, 0.2) is 42.6 Å². The summed E-state index contributed by atoms with van der Waals surface area (Å²) in [5, 5.41) is 10.2. The van der Waals surface area contributed by atoms with Crippen molar-refractivity contribution in [3.05, 3.63) is 48.2 Å². The normalized spacial score (nSPS) is 16.6. The Balaban J connectivity index is 1.49. The zero-order chi connectivity index (χ0) is 16.8. The molecule has 0 aliphatic carbocycles. The van der Waals surface area contributed by atoms with Gasteiger partial charge in [0.2, 0.25) is 0 Å². The third-order valence-electron chi connectivity index (χ3n) is 3.83. The van der Waals surface area contributed by atoms with Gasteiger partial charge in [0.1, 0.15) is 5.82 Å². The summed E-state index contributed by atoms with van der Waals surface area (Å²) in [4.78, 5) is 4.41. The van der Waals surface area contributed by atoms with Gasteiger partial charge in [0.15, 0.2) is 5.11 Å². The third kappa shape index (κ3) is 4.91. The molecule has 126 valence electrons. The number of benzene rings is 1. The van der Waals surface area contributed by atoms with Crippen LogP contribution >= 0.6 is 12.2 Å². The number of hydrogen-bond donors (Lipinski definition) is 3. The van der Waals surface area contributed by atoms with E-state index in [0.29, 0.717) is 5.11 Å². The number of anilines is 3. The molecule has 0 saturated carbocycles. The van der Waals surface area contributed by atoms with Gasteiger partial charge in [-0.3, -0.25) is 0 Å².